The Balaban J connectivity index is 2.32. The zero-order chi connectivity index (χ0) is 17.0. The van der Waals surface area contributed by atoms with E-state index in [0.29, 0.717) is 27.2 Å². The molecule has 23 heavy (non-hydrogen) atoms. The highest BCUT2D eigenvalue weighted by atomic mass is 79.9. The second-order valence-electron chi connectivity index (χ2n) is 4.27. The number of anilines is 1. The summed E-state index contributed by atoms with van der Waals surface area (Å²) in [5.41, 5.74) is 3.33. The van der Waals surface area contributed by atoms with Gasteiger partial charge in [-0.25, -0.2) is 9.89 Å². The Labute approximate surface area is 148 Å². The van der Waals surface area contributed by atoms with E-state index >= 15 is 0 Å². The molecule has 0 aliphatic rings. The van der Waals surface area contributed by atoms with E-state index in [0.717, 1.165) is 4.47 Å². The Morgan fingerprint density at radius 1 is 1.30 bits per heavy atom. The van der Waals surface area contributed by atoms with Crippen molar-refractivity contribution in [3.05, 3.63) is 36.8 Å². The Morgan fingerprint density at radius 3 is 2.65 bits per heavy atom. The van der Waals surface area contributed by atoms with Crippen LogP contribution in [0.1, 0.15) is 11.3 Å². The number of aryl methyl sites for hydroxylation is 1. The maximum absolute atomic E-state index is 11.2. The molecule has 0 aliphatic carbocycles. The summed E-state index contributed by atoms with van der Waals surface area (Å²) in [4.78, 5) is 14.9. The molecule has 122 valence electrons. The van der Waals surface area contributed by atoms with Crippen LogP contribution in [-0.2, 0) is 0 Å². The normalized spacial score (nSPS) is 10.8. The third-order valence-corrected chi connectivity index (χ3v) is 4.13. The van der Waals surface area contributed by atoms with Crippen LogP contribution in [0.4, 0.5) is 5.82 Å². The first-order chi connectivity index (χ1) is 11.0. The van der Waals surface area contributed by atoms with Crippen molar-refractivity contribution in [3.63, 3.8) is 0 Å². The van der Waals surface area contributed by atoms with Crippen molar-refractivity contribution in [2.24, 2.45) is 5.10 Å². The van der Waals surface area contributed by atoms with E-state index in [4.69, 9.17) is 9.47 Å². The minimum atomic E-state index is -0.555. The fourth-order valence-electron chi connectivity index (χ4n) is 1.75. The van der Waals surface area contributed by atoms with Gasteiger partial charge in [-0.15, -0.1) is 0 Å². The van der Waals surface area contributed by atoms with Crippen LogP contribution in [0, 0.1) is 6.92 Å². The van der Waals surface area contributed by atoms with Crippen LogP contribution in [0.5, 0.6) is 11.5 Å². The second-order valence-corrected chi connectivity index (χ2v) is 5.92. The largest absolute Gasteiger partial charge is 0.495 e. The molecule has 0 aliphatic heterocycles. The maximum atomic E-state index is 11.2. The minimum Gasteiger partial charge on any atom is -0.495 e. The van der Waals surface area contributed by atoms with Gasteiger partial charge in [-0.3, -0.25) is 5.43 Å². The number of nitrogens with one attached hydrogen (secondary N) is 2. The van der Waals surface area contributed by atoms with E-state index < -0.39 is 5.69 Å². The van der Waals surface area contributed by atoms with Crippen LogP contribution in [0.2, 0.25) is 0 Å². The standard InChI is InChI=1S/C13H13Br2N5O3/c1-6-12(17-13(21)20-18-6)19-16-5-7-4-8(14)11(23-3)9(15)10(7)22-2/h4-5H,1-3H3,(H2,17,19,20,21)/b16-5+. The van der Waals surface area contributed by atoms with Crippen LogP contribution in [-0.4, -0.2) is 35.6 Å². The summed E-state index contributed by atoms with van der Waals surface area (Å²) in [6.07, 6.45) is 1.54. The summed E-state index contributed by atoms with van der Waals surface area (Å²) in [5.74, 6) is 1.45. The van der Waals surface area contributed by atoms with Gasteiger partial charge in [-0.1, -0.05) is 0 Å². The molecule has 2 rings (SSSR count). The fourth-order valence-corrected chi connectivity index (χ4v) is 3.39. The molecule has 0 saturated heterocycles. The predicted octanol–water partition coefficient (Wildman–Crippen LogP) is 2.46. The number of halogens is 2. The molecule has 0 fully saturated rings. The average molecular weight is 447 g/mol. The number of nitrogens with zero attached hydrogens (tertiary/aromatic N) is 3. The molecule has 1 aromatic carbocycles. The van der Waals surface area contributed by atoms with Crippen molar-refractivity contribution in [1.82, 2.24) is 15.2 Å². The quantitative estimate of drug-likeness (QED) is 0.540. The van der Waals surface area contributed by atoms with E-state index in [1.807, 2.05) is 0 Å². The molecule has 0 unspecified atom stereocenters. The van der Waals surface area contributed by atoms with Crippen molar-refractivity contribution in [3.8, 4) is 11.5 Å². The number of hydrazone groups is 1. The van der Waals surface area contributed by atoms with Gasteiger partial charge >= 0.3 is 5.69 Å². The number of benzene rings is 1. The number of aromatic amines is 1. The SMILES string of the molecule is COc1c(Br)cc(/C=N/Nc2nc(=O)[nH]nc2C)c(OC)c1Br. The van der Waals surface area contributed by atoms with Gasteiger partial charge < -0.3 is 9.47 Å². The monoisotopic (exact) mass is 445 g/mol. The predicted molar refractivity (Wildman–Crippen MR) is 93.6 cm³/mol. The zero-order valence-corrected chi connectivity index (χ0v) is 15.6. The van der Waals surface area contributed by atoms with Crippen LogP contribution >= 0.6 is 31.9 Å². The molecular weight excluding hydrogens is 434 g/mol. The molecule has 1 aromatic heterocycles. The van der Waals surface area contributed by atoms with Gasteiger partial charge in [0.2, 0.25) is 0 Å². The summed E-state index contributed by atoms with van der Waals surface area (Å²) in [5, 5.41) is 10.1. The topological polar surface area (TPSA) is 101 Å². The van der Waals surface area contributed by atoms with Gasteiger partial charge in [0.15, 0.2) is 11.6 Å². The molecule has 0 amide bonds. The molecule has 8 nitrogen and oxygen atoms in total. The smallest absolute Gasteiger partial charge is 0.363 e. The summed E-state index contributed by atoms with van der Waals surface area (Å²) in [6.45, 7) is 1.70. The Morgan fingerprint density at radius 2 is 2.00 bits per heavy atom. The Bertz CT molecular complexity index is 807. The van der Waals surface area contributed by atoms with Crippen molar-refractivity contribution >= 4 is 43.9 Å². The molecule has 0 spiro atoms. The van der Waals surface area contributed by atoms with Crippen molar-refractivity contribution in [2.45, 2.75) is 6.92 Å². The van der Waals surface area contributed by atoms with E-state index in [2.05, 4.69) is 57.6 Å². The first-order valence-corrected chi connectivity index (χ1v) is 7.89. The number of hydrogen-bond acceptors (Lipinski definition) is 7. The van der Waals surface area contributed by atoms with Crippen LogP contribution < -0.4 is 20.6 Å². The van der Waals surface area contributed by atoms with Gasteiger partial charge in [-0.2, -0.15) is 15.2 Å². The van der Waals surface area contributed by atoms with Crippen LogP contribution in [0.15, 0.2) is 24.9 Å². The molecule has 0 bridgehead atoms. The lowest BCUT2D eigenvalue weighted by Gasteiger charge is -2.13. The molecule has 10 heteroatoms. The lowest BCUT2D eigenvalue weighted by Crippen LogP contribution is -2.15. The van der Waals surface area contributed by atoms with E-state index in [1.54, 1.807) is 27.2 Å². The summed E-state index contributed by atoms with van der Waals surface area (Å²) >= 11 is 6.85. The van der Waals surface area contributed by atoms with Crippen molar-refractivity contribution in [2.75, 3.05) is 19.6 Å². The van der Waals surface area contributed by atoms with E-state index in [9.17, 15) is 4.79 Å². The molecule has 0 atom stereocenters. The number of aromatic nitrogens is 3. The fraction of sp³-hybridized carbons (Fsp3) is 0.231. The molecular formula is C13H13Br2N5O3. The van der Waals surface area contributed by atoms with Gasteiger partial charge in [0, 0.05) is 5.56 Å². The number of ether oxygens (including phenoxy) is 2. The van der Waals surface area contributed by atoms with Crippen molar-refractivity contribution in [1.29, 1.82) is 0 Å². The summed E-state index contributed by atoms with van der Waals surface area (Å²) in [6, 6.07) is 1.80. The van der Waals surface area contributed by atoms with Gasteiger partial charge in [0.05, 0.1) is 24.9 Å². The second kappa shape index (κ2) is 7.55. The summed E-state index contributed by atoms with van der Waals surface area (Å²) in [7, 11) is 3.11. The Hall–Kier alpha value is -1.94. The van der Waals surface area contributed by atoms with Crippen LogP contribution in [0.3, 0.4) is 0 Å². The molecule has 0 saturated carbocycles. The number of rotatable bonds is 5. The number of methoxy groups -OCH3 is 2. The highest BCUT2D eigenvalue weighted by molar-refractivity contribution is 9.11. The van der Waals surface area contributed by atoms with Gasteiger partial charge in [0.1, 0.15) is 15.9 Å². The summed E-state index contributed by atoms with van der Waals surface area (Å²) < 4.78 is 12.1. The minimum absolute atomic E-state index is 0.274. The lowest BCUT2D eigenvalue weighted by atomic mass is 10.2. The number of hydrogen-bond donors (Lipinski definition) is 2. The first-order valence-electron chi connectivity index (χ1n) is 6.30. The first kappa shape index (κ1) is 17.4. The maximum Gasteiger partial charge on any atom is 0.363 e. The highest BCUT2D eigenvalue weighted by Gasteiger charge is 2.15. The number of H-pyrrole nitrogens is 1. The molecule has 2 N–H and O–H groups in total. The average Bonchev–Trinajstić information content (AvgIpc) is 2.51. The third-order valence-electron chi connectivity index (χ3n) is 2.82. The highest BCUT2D eigenvalue weighted by Crippen LogP contribution is 2.42. The molecule has 2 aromatic rings. The van der Waals surface area contributed by atoms with Crippen molar-refractivity contribution < 1.29 is 9.47 Å². The lowest BCUT2D eigenvalue weighted by molar-refractivity contribution is 0.387. The van der Waals surface area contributed by atoms with E-state index in [-0.39, 0.29) is 5.82 Å². The van der Waals surface area contributed by atoms with Gasteiger partial charge in [-0.05, 0) is 44.8 Å². The van der Waals surface area contributed by atoms with Gasteiger partial charge in [0.25, 0.3) is 0 Å². The Kier molecular flexibility index (Phi) is 5.72. The van der Waals surface area contributed by atoms with Crippen LogP contribution in [0.25, 0.3) is 0 Å². The zero-order valence-electron chi connectivity index (χ0n) is 12.5. The molecule has 1 heterocycles. The van der Waals surface area contributed by atoms with E-state index in [1.165, 1.54) is 6.21 Å². The molecule has 0 radical (unpaired) electrons. The third kappa shape index (κ3) is 3.88.